The maximum Gasteiger partial charge on any atom is 0.200 e. The van der Waals surface area contributed by atoms with Gasteiger partial charge in [-0.05, 0) is 30.2 Å². The second kappa shape index (κ2) is 5.86. The van der Waals surface area contributed by atoms with Crippen molar-refractivity contribution in [1.82, 2.24) is 0 Å². The first-order valence-corrected chi connectivity index (χ1v) is 7.80. The van der Waals surface area contributed by atoms with Crippen LogP contribution in [0.3, 0.4) is 0 Å². The molecule has 3 aromatic rings. The third kappa shape index (κ3) is 2.66. The summed E-state index contributed by atoms with van der Waals surface area (Å²) < 4.78 is 6.88. The number of hydrogen-bond donors (Lipinski definition) is 0. The topological polar surface area (TPSA) is 30.2 Å². The van der Waals surface area contributed by atoms with Gasteiger partial charge in [0.25, 0.3) is 0 Å². The van der Waals surface area contributed by atoms with E-state index in [4.69, 9.17) is 4.42 Å². The lowest BCUT2D eigenvalue weighted by molar-refractivity contribution is 0.534. The molecule has 0 amide bonds. The molecule has 0 spiro atoms. The van der Waals surface area contributed by atoms with Gasteiger partial charge in [-0.1, -0.05) is 53.2 Å². The molecule has 0 atom stereocenters. The van der Waals surface area contributed by atoms with Gasteiger partial charge < -0.3 is 4.42 Å². The van der Waals surface area contributed by atoms with Crippen LogP contribution in [0, 0.1) is 0 Å². The molecule has 1 aromatic heterocycles. The van der Waals surface area contributed by atoms with Gasteiger partial charge in [-0.15, -0.1) is 0 Å². The highest BCUT2D eigenvalue weighted by molar-refractivity contribution is 9.10. The molecule has 0 bridgehead atoms. The van der Waals surface area contributed by atoms with E-state index in [1.807, 2.05) is 48.5 Å². The molecule has 0 fully saturated rings. The van der Waals surface area contributed by atoms with E-state index in [1.165, 1.54) is 0 Å². The van der Waals surface area contributed by atoms with Crippen molar-refractivity contribution in [3.05, 3.63) is 69.0 Å². The van der Waals surface area contributed by atoms with Crippen molar-refractivity contribution in [1.29, 1.82) is 0 Å². The Bertz CT molecular complexity index is 835. The molecule has 0 saturated heterocycles. The Morgan fingerprint density at radius 3 is 2.57 bits per heavy atom. The molecular weight excluding hydrogens is 328 g/mol. The molecule has 0 N–H and O–H groups in total. The Kier molecular flexibility index (Phi) is 3.93. The van der Waals surface area contributed by atoms with Crippen LogP contribution in [0.1, 0.15) is 19.1 Å². The van der Waals surface area contributed by atoms with Crippen LogP contribution >= 0.6 is 15.9 Å². The van der Waals surface area contributed by atoms with Crippen LogP contribution in [0.5, 0.6) is 0 Å². The third-order valence-corrected chi connectivity index (χ3v) is 3.96. The van der Waals surface area contributed by atoms with Crippen molar-refractivity contribution in [2.75, 3.05) is 0 Å². The van der Waals surface area contributed by atoms with Gasteiger partial charge in [0.2, 0.25) is 5.43 Å². The van der Waals surface area contributed by atoms with Gasteiger partial charge in [-0.2, -0.15) is 0 Å². The molecule has 3 heteroatoms. The Labute approximate surface area is 131 Å². The van der Waals surface area contributed by atoms with Crippen LogP contribution in [0.4, 0.5) is 0 Å². The number of rotatable bonds is 3. The van der Waals surface area contributed by atoms with E-state index in [9.17, 15) is 4.79 Å². The minimum atomic E-state index is 0.0344. The Hall–Kier alpha value is -1.87. The molecule has 106 valence electrons. The van der Waals surface area contributed by atoms with Gasteiger partial charge in [0.05, 0.1) is 10.9 Å². The zero-order chi connectivity index (χ0) is 14.8. The van der Waals surface area contributed by atoms with Crippen LogP contribution in [0.2, 0.25) is 0 Å². The van der Waals surface area contributed by atoms with Crippen LogP contribution in [-0.2, 0) is 6.42 Å². The number of benzene rings is 2. The standard InChI is InChI=1S/C18H15BrO2/c1-2-6-16-17(12-7-4-3-5-8-12)18(20)14-11-13(19)9-10-15(14)21-16/h3-5,7-11H,2,6H2,1H3. The molecule has 0 aliphatic carbocycles. The summed E-state index contributed by atoms with van der Waals surface area (Å²) in [6.07, 6.45) is 1.69. The second-order valence-electron chi connectivity index (χ2n) is 4.99. The summed E-state index contributed by atoms with van der Waals surface area (Å²) in [7, 11) is 0. The lowest BCUT2D eigenvalue weighted by Gasteiger charge is -2.09. The van der Waals surface area contributed by atoms with Crippen LogP contribution in [0.15, 0.2) is 62.2 Å². The average Bonchev–Trinajstić information content (AvgIpc) is 2.50. The van der Waals surface area contributed by atoms with Crippen molar-refractivity contribution in [2.24, 2.45) is 0 Å². The van der Waals surface area contributed by atoms with Crippen molar-refractivity contribution in [3.63, 3.8) is 0 Å². The fraction of sp³-hybridized carbons (Fsp3) is 0.167. The summed E-state index contributed by atoms with van der Waals surface area (Å²) in [4.78, 5) is 12.9. The quantitative estimate of drug-likeness (QED) is 0.656. The smallest absolute Gasteiger partial charge is 0.200 e. The molecule has 0 unspecified atom stereocenters. The highest BCUT2D eigenvalue weighted by Gasteiger charge is 2.15. The number of hydrogen-bond acceptors (Lipinski definition) is 2. The molecule has 0 aliphatic rings. The summed E-state index contributed by atoms with van der Waals surface area (Å²) in [6.45, 7) is 2.08. The van der Waals surface area contributed by atoms with E-state index >= 15 is 0 Å². The molecular formula is C18H15BrO2. The zero-order valence-electron chi connectivity index (χ0n) is 11.7. The Morgan fingerprint density at radius 2 is 1.86 bits per heavy atom. The SMILES string of the molecule is CCCc1oc2ccc(Br)cc2c(=O)c1-c1ccccc1. The number of aryl methyl sites for hydroxylation is 1. The van der Waals surface area contributed by atoms with Crippen LogP contribution < -0.4 is 5.43 Å². The first kappa shape index (κ1) is 14.1. The highest BCUT2D eigenvalue weighted by atomic mass is 79.9. The Balaban J connectivity index is 2.37. The molecule has 2 nitrogen and oxygen atoms in total. The zero-order valence-corrected chi connectivity index (χ0v) is 13.3. The van der Waals surface area contributed by atoms with Crippen molar-refractivity contribution in [3.8, 4) is 11.1 Å². The first-order valence-electron chi connectivity index (χ1n) is 7.01. The molecule has 3 rings (SSSR count). The van der Waals surface area contributed by atoms with E-state index < -0.39 is 0 Å². The molecule has 2 aromatic carbocycles. The lowest BCUT2D eigenvalue weighted by atomic mass is 10.0. The van der Waals surface area contributed by atoms with E-state index in [0.717, 1.165) is 28.6 Å². The van der Waals surface area contributed by atoms with E-state index in [2.05, 4.69) is 22.9 Å². The van der Waals surface area contributed by atoms with Crippen molar-refractivity contribution >= 4 is 26.9 Å². The van der Waals surface area contributed by atoms with Gasteiger partial charge in [-0.3, -0.25) is 4.79 Å². The van der Waals surface area contributed by atoms with Gasteiger partial charge in [0, 0.05) is 10.9 Å². The van der Waals surface area contributed by atoms with Gasteiger partial charge in [-0.25, -0.2) is 0 Å². The van der Waals surface area contributed by atoms with Gasteiger partial charge >= 0.3 is 0 Å². The van der Waals surface area contributed by atoms with Crippen LogP contribution in [-0.4, -0.2) is 0 Å². The maximum absolute atomic E-state index is 12.9. The number of halogens is 1. The average molecular weight is 343 g/mol. The van der Waals surface area contributed by atoms with Crippen molar-refractivity contribution in [2.45, 2.75) is 19.8 Å². The summed E-state index contributed by atoms with van der Waals surface area (Å²) in [5, 5.41) is 0.614. The fourth-order valence-corrected chi connectivity index (χ4v) is 2.87. The molecule has 0 aliphatic heterocycles. The fourth-order valence-electron chi connectivity index (χ4n) is 2.51. The van der Waals surface area contributed by atoms with Gasteiger partial charge in [0.15, 0.2) is 0 Å². The molecule has 21 heavy (non-hydrogen) atoms. The van der Waals surface area contributed by atoms with Gasteiger partial charge in [0.1, 0.15) is 11.3 Å². The lowest BCUT2D eigenvalue weighted by Crippen LogP contribution is -2.09. The third-order valence-electron chi connectivity index (χ3n) is 3.46. The predicted molar refractivity (Wildman–Crippen MR) is 89.6 cm³/mol. The largest absolute Gasteiger partial charge is 0.460 e. The normalized spacial score (nSPS) is 11.0. The Morgan fingerprint density at radius 1 is 1.10 bits per heavy atom. The minimum Gasteiger partial charge on any atom is -0.460 e. The second-order valence-corrected chi connectivity index (χ2v) is 5.90. The van der Waals surface area contributed by atoms with Crippen molar-refractivity contribution < 1.29 is 4.42 Å². The molecule has 0 saturated carbocycles. The highest BCUT2D eigenvalue weighted by Crippen LogP contribution is 2.26. The number of fused-ring (bicyclic) bond motifs is 1. The van der Waals surface area contributed by atoms with E-state index in [-0.39, 0.29) is 5.43 Å². The van der Waals surface area contributed by atoms with E-state index in [0.29, 0.717) is 16.5 Å². The summed E-state index contributed by atoms with van der Waals surface area (Å²) in [6, 6.07) is 15.3. The summed E-state index contributed by atoms with van der Waals surface area (Å²) in [5.74, 6) is 0.767. The summed E-state index contributed by atoms with van der Waals surface area (Å²) >= 11 is 3.42. The summed E-state index contributed by atoms with van der Waals surface area (Å²) in [5.41, 5.74) is 2.28. The predicted octanol–water partition coefficient (Wildman–Crippen LogP) is 5.18. The minimum absolute atomic E-state index is 0.0344. The molecule has 0 radical (unpaired) electrons. The molecule has 1 heterocycles. The maximum atomic E-state index is 12.9. The van der Waals surface area contributed by atoms with E-state index in [1.54, 1.807) is 0 Å². The van der Waals surface area contributed by atoms with Crippen LogP contribution in [0.25, 0.3) is 22.1 Å². The first-order chi connectivity index (χ1) is 10.2. The monoisotopic (exact) mass is 342 g/mol.